The van der Waals surface area contributed by atoms with E-state index in [0.29, 0.717) is 0 Å². The Morgan fingerprint density at radius 2 is 1.76 bits per heavy atom. The van der Waals surface area contributed by atoms with E-state index in [1.165, 1.54) is 12.1 Å². The number of benzene rings is 2. The fraction of sp³-hybridized carbons (Fsp3) is 0.176. The molecule has 0 saturated heterocycles. The van der Waals surface area contributed by atoms with Crippen LogP contribution in [0.5, 0.6) is 5.75 Å². The molecule has 0 aliphatic heterocycles. The maximum Gasteiger partial charge on any atom is 0.313 e. The minimum absolute atomic E-state index is 0.128. The summed E-state index contributed by atoms with van der Waals surface area (Å²) in [5.74, 6) is -1.18. The van der Waals surface area contributed by atoms with Crippen LogP contribution in [0.25, 0.3) is 11.1 Å². The van der Waals surface area contributed by atoms with Gasteiger partial charge in [-0.2, -0.15) is 0 Å². The van der Waals surface area contributed by atoms with Gasteiger partial charge in [-0.3, -0.25) is 9.59 Å². The van der Waals surface area contributed by atoms with E-state index in [1.54, 1.807) is 13.0 Å². The Morgan fingerprint density at radius 3 is 2.38 bits per heavy atom. The van der Waals surface area contributed by atoms with Crippen LogP contribution < -0.4 is 0 Å². The molecule has 0 aromatic heterocycles. The number of phenolic OH excluding ortho intramolecular Hbond substituents is 1. The molecule has 2 rings (SSSR count). The van der Waals surface area contributed by atoms with Gasteiger partial charge in [0.1, 0.15) is 12.2 Å². The van der Waals surface area contributed by atoms with Crippen molar-refractivity contribution in [3.05, 3.63) is 54.1 Å². The molecule has 108 valence electrons. The number of hydrogen-bond acceptors (Lipinski definition) is 4. The fourth-order valence-electron chi connectivity index (χ4n) is 2.02. The standard InChI is InChI=1S/C17H16O4/c1-2-21-17(20)11-16(19)14-9-8-13(10-15(14)18)12-6-4-3-5-7-12/h3-10,18H,2,11H2,1H3. The second-order valence-corrected chi connectivity index (χ2v) is 4.50. The van der Waals surface area contributed by atoms with Crippen LogP contribution in [0, 0.1) is 0 Å². The smallest absolute Gasteiger partial charge is 0.313 e. The summed E-state index contributed by atoms with van der Waals surface area (Å²) in [5.41, 5.74) is 1.88. The minimum Gasteiger partial charge on any atom is -0.507 e. The highest BCUT2D eigenvalue weighted by Gasteiger charge is 2.16. The third-order valence-electron chi connectivity index (χ3n) is 3.02. The predicted octanol–water partition coefficient (Wildman–Crippen LogP) is 3.20. The zero-order chi connectivity index (χ0) is 15.2. The van der Waals surface area contributed by atoms with Gasteiger partial charge in [-0.05, 0) is 30.2 Å². The summed E-state index contributed by atoms with van der Waals surface area (Å²) >= 11 is 0. The molecule has 4 heteroatoms. The molecule has 0 heterocycles. The third kappa shape index (κ3) is 3.69. The summed E-state index contributed by atoms with van der Waals surface area (Å²) in [5, 5.41) is 9.99. The van der Waals surface area contributed by atoms with Crippen molar-refractivity contribution in [3.63, 3.8) is 0 Å². The van der Waals surface area contributed by atoms with Crippen molar-refractivity contribution >= 4 is 11.8 Å². The highest BCUT2D eigenvalue weighted by atomic mass is 16.5. The lowest BCUT2D eigenvalue weighted by Crippen LogP contribution is -2.11. The molecule has 0 aliphatic rings. The van der Waals surface area contributed by atoms with Crippen molar-refractivity contribution in [2.24, 2.45) is 0 Å². The highest BCUT2D eigenvalue weighted by molar-refractivity contribution is 6.07. The normalized spacial score (nSPS) is 10.1. The Morgan fingerprint density at radius 1 is 1.05 bits per heavy atom. The number of rotatable bonds is 5. The van der Waals surface area contributed by atoms with Gasteiger partial charge in [0.05, 0.1) is 12.2 Å². The molecule has 2 aromatic carbocycles. The predicted molar refractivity (Wildman–Crippen MR) is 79.1 cm³/mol. The molecule has 0 aliphatic carbocycles. The lowest BCUT2D eigenvalue weighted by molar-refractivity contribution is -0.141. The Labute approximate surface area is 123 Å². The number of ketones is 1. The van der Waals surface area contributed by atoms with E-state index in [4.69, 9.17) is 4.74 Å². The van der Waals surface area contributed by atoms with Crippen LogP contribution in [-0.4, -0.2) is 23.5 Å². The molecule has 21 heavy (non-hydrogen) atoms. The number of carbonyl (C=O) groups is 2. The quantitative estimate of drug-likeness (QED) is 0.520. The molecule has 0 spiro atoms. The first-order chi connectivity index (χ1) is 10.1. The van der Waals surface area contributed by atoms with Gasteiger partial charge in [-0.15, -0.1) is 0 Å². The van der Waals surface area contributed by atoms with Crippen LogP contribution in [0.1, 0.15) is 23.7 Å². The van der Waals surface area contributed by atoms with Crippen molar-refractivity contribution < 1.29 is 19.4 Å². The zero-order valence-corrected chi connectivity index (χ0v) is 11.7. The van der Waals surface area contributed by atoms with E-state index >= 15 is 0 Å². The number of aromatic hydroxyl groups is 1. The third-order valence-corrected chi connectivity index (χ3v) is 3.02. The molecule has 0 bridgehead atoms. The molecule has 4 nitrogen and oxygen atoms in total. The van der Waals surface area contributed by atoms with Gasteiger partial charge in [0.25, 0.3) is 0 Å². The van der Waals surface area contributed by atoms with Crippen molar-refractivity contribution in [1.82, 2.24) is 0 Å². The average Bonchev–Trinajstić information content (AvgIpc) is 2.48. The summed E-state index contributed by atoms with van der Waals surface area (Å²) in [6.07, 6.45) is -0.369. The fourth-order valence-corrected chi connectivity index (χ4v) is 2.02. The molecule has 0 radical (unpaired) electrons. The average molecular weight is 284 g/mol. The van der Waals surface area contributed by atoms with Crippen LogP contribution >= 0.6 is 0 Å². The summed E-state index contributed by atoms with van der Waals surface area (Å²) in [7, 11) is 0. The van der Waals surface area contributed by atoms with Gasteiger partial charge < -0.3 is 9.84 Å². The summed E-state index contributed by atoms with van der Waals surface area (Å²) < 4.78 is 4.73. The van der Waals surface area contributed by atoms with Crippen molar-refractivity contribution in [1.29, 1.82) is 0 Å². The number of esters is 1. The topological polar surface area (TPSA) is 63.6 Å². The van der Waals surface area contributed by atoms with Gasteiger partial charge in [0.2, 0.25) is 0 Å². The van der Waals surface area contributed by atoms with Crippen molar-refractivity contribution in [3.8, 4) is 16.9 Å². The maximum atomic E-state index is 11.9. The van der Waals surface area contributed by atoms with E-state index in [-0.39, 0.29) is 24.3 Å². The van der Waals surface area contributed by atoms with Crippen molar-refractivity contribution in [2.45, 2.75) is 13.3 Å². The highest BCUT2D eigenvalue weighted by Crippen LogP contribution is 2.27. The number of Topliss-reactive ketones (excluding diaryl/α,β-unsaturated/α-hetero) is 1. The van der Waals surface area contributed by atoms with Crippen molar-refractivity contribution in [2.75, 3.05) is 6.61 Å². The van der Waals surface area contributed by atoms with E-state index < -0.39 is 11.8 Å². The first-order valence-corrected chi connectivity index (χ1v) is 6.69. The van der Waals surface area contributed by atoms with Gasteiger partial charge in [-0.1, -0.05) is 36.4 Å². The van der Waals surface area contributed by atoms with E-state index in [0.717, 1.165) is 11.1 Å². The number of ether oxygens (including phenoxy) is 1. The summed E-state index contributed by atoms with van der Waals surface area (Å²) in [6, 6.07) is 14.3. The van der Waals surface area contributed by atoms with Gasteiger partial charge in [-0.25, -0.2) is 0 Å². The lowest BCUT2D eigenvalue weighted by Gasteiger charge is -2.07. The Kier molecular flexibility index (Phi) is 4.72. The van der Waals surface area contributed by atoms with Gasteiger partial charge in [0.15, 0.2) is 5.78 Å². The number of hydrogen-bond donors (Lipinski definition) is 1. The number of carbonyl (C=O) groups excluding carboxylic acids is 2. The molecular formula is C17H16O4. The van der Waals surface area contributed by atoms with Crippen LogP contribution in [-0.2, 0) is 9.53 Å². The van der Waals surface area contributed by atoms with Crippen LogP contribution in [0.3, 0.4) is 0 Å². The molecule has 0 fully saturated rings. The second-order valence-electron chi connectivity index (χ2n) is 4.50. The van der Waals surface area contributed by atoms with E-state index in [9.17, 15) is 14.7 Å². The SMILES string of the molecule is CCOC(=O)CC(=O)c1ccc(-c2ccccc2)cc1O. The van der Waals surface area contributed by atoms with E-state index in [2.05, 4.69) is 0 Å². The molecule has 0 atom stereocenters. The molecular weight excluding hydrogens is 268 g/mol. The van der Waals surface area contributed by atoms with Crippen LogP contribution in [0.4, 0.5) is 0 Å². The Bertz CT molecular complexity index is 647. The largest absolute Gasteiger partial charge is 0.507 e. The summed E-state index contributed by atoms with van der Waals surface area (Å²) in [6.45, 7) is 1.90. The molecule has 1 N–H and O–H groups in total. The first kappa shape index (κ1) is 14.8. The molecule has 0 amide bonds. The van der Waals surface area contributed by atoms with Crippen LogP contribution in [0.15, 0.2) is 48.5 Å². The summed E-state index contributed by atoms with van der Waals surface area (Å²) in [4.78, 5) is 23.2. The van der Waals surface area contributed by atoms with E-state index in [1.807, 2.05) is 30.3 Å². The zero-order valence-electron chi connectivity index (χ0n) is 11.7. The molecule has 0 unspecified atom stereocenters. The van der Waals surface area contributed by atoms with Gasteiger partial charge in [0, 0.05) is 0 Å². The maximum absolute atomic E-state index is 11.9. The minimum atomic E-state index is -0.589. The van der Waals surface area contributed by atoms with Gasteiger partial charge >= 0.3 is 5.97 Å². The Hall–Kier alpha value is -2.62. The monoisotopic (exact) mass is 284 g/mol. The Balaban J connectivity index is 2.20. The van der Waals surface area contributed by atoms with Crippen LogP contribution in [0.2, 0.25) is 0 Å². The first-order valence-electron chi connectivity index (χ1n) is 6.69. The molecule has 0 saturated carbocycles. The number of phenols is 1. The molecule has 2 aromatic rings. The second kappa shape index (κ2) is 6.70. The lowest BCUT2D eigenvalue weighted by atomic mass is 10.0.